The maximum absolute atomic E-state index is 4.19. The largest absolute Gasteiger partial charge is 0.318 e. The molecule has 0 saturated carbocycles. The third kappa shape index (κ3) is 5.29. The van der Waals surface area contributed by atoms with Crippen LogP contribution >= 0.6 is 11.3 Å². The van der Waals surface area contributed by atoms with Gasteiger partial charge in [0.15, 0.2) is 0 Å². The van der Waals surface area contributed by atoms with Crippen molar-refractivity contribution < 1.29 is 0 Å². The van der Waals surface area contributed by atoms with E-state index in [1.54, 1.807) is 11.3 Å². The van der Waals surface area contributed by atoms with E-state index in [-0.39, 0.29) is 0 Å². The monoisotopic (exact) mass is 214 g/mol. The van der Waals surface area contributed by atoms with Gasteiger partial charge in [-0.1, -0.05) is 0 Å². The van der Waals surface area contributed by atoms with Gasteiger partial charge in [0, 0.05) is 44.3 Å². The molecule has 3 N–H and O–H groups in total. The fourth-order valence-electron chi connectivity index (χ4n) is 1.05. The number of hydrogen-bond acceptors (Lipinski definition) is 5. The van der Waals surface area contributed by atoms with Crippen LogP contribution < -0.4 is 16.0 Å². The lowest BCUT2D eigenvalue weighted by Gasteiger charge is -2.04. The van der Waals surface area contributed by atoms with Gasteiger partial charge in [0.05, 0.1) is 0 Å². The van der Waals surface area contributed by atoms with Crippen molar-refractivity contribution in [2.75, 3.05) is 33.2 Å². The van der Waals surface area contributed by atoms with E-state index in [1.165, 1.54) is 0 Å². The highest BCUT2D eigenvalue weighted by Gasteiger charge is 1.93. The second-order valence-electron chi connectivity index (χ2n) is 2.96. The zero-order valence-electron chi connectivity index (χ0n) is 8.55. The van der Waals surface area contributed by atoms with Gasteiger partial charge in [0.1, 0.15) is 5.01 Å². The van der Waals surface area contributed by atoms with Crippen LogP contribution in [-0.2, 0) is 6.54 Å². The molecule has 0 amide bonds. The molecule has 0 atom stereocenters. The Morgan fingerprint density at radius 2 is 2.00 bits per heavy atom. The number of thiazole rings is 1. The average molecular weight is 214 g/mol. The van der Waals surface area contributed by atoms with Crippen LogP contribution in [0.1, 0.15) is 5.01 Å². The molecule has 0 spiro atoms. The maximum atomic E-state index is 4.19. The Kier molecular flexibility index (Phi) is 6.51. The number of hydrogen-bond donors (Lipinski definition) is 3. The standard InChI is InChI=1S/C9H18N4S/c1-10-2-3-11-4-5-12-8-9-13-6-7-14-9/h6-7,10-12H,2-5,8H2,1H3. The van der Waals surface area contributed by atoms with Crippen LogP contribution in [0.25, 0.3) is 0 Å². The van der Waals surface area contributed by atoms with Crippen molar-refractivity contribution in [1.82, 2.24) is 20.9 Å². The second kappa shape index (κ2) is 7.87. The van der Waals surface area contributed by atoms with E-state index in [0.29, 0.717) is 0 Å². The van der Waals surface area contributed by atoms with Crippen LogP contribution in [0.4, 0.5) is 0 Å². The molecule has 1 aromatic rings. The molecular weight excluding hydrogens is 196 g/mol. The molecule has 4 nitrogen and oxygen atoms in total. The Bertz CT molecular complexity index is 213. The van der Waals surface area contributed by atoms with Gasteiger partial charge >= 0.3 is 0 Å². The Morgan fingerprint density at radius 1 is 1.21 bits per heavy atom. The summed E-state index contributed by atoms with van der Waals surface area (Å²) in [5.41, 5.74) is 0. The van der Waals surface area contributed by atoms with Crippen LogP contribution in [0.3, 0.4) is 0 Å². The fourth-order valence-corrected chi connectivity index (χ4v) is 1.64. The van der Waals surface area contributed by atoms with Gasteiger partial charge in [-0.25, -0.2) is 4.98 Å². The predicted octanol–water partition coefficient (Wildman–Crippen LogP) is 0.0417. The molecule has 1 rings (SSSR count). The first-order valence-corrected chi connectivity index (χ1v) is 5.76. The smallest absolute Gasteiger partial charge is 0.106 e. The fraction of sp³-hybridized carbons (Fsp3) is 0.667. The summed E-state index contributed by atoms with van der Waals surface area (Å²) in [6.45, 7) is 4.92. The van der Waals surface area contributed by atoms with Crippen molar-refractivity contribution in [2.45, 2.75) is 6.54 Å². The van der Waals surface area contributed by atoms with E-state index < -0.39 is 0 Å². The quantitative estimate of drug-likeness (QED) is 0.535. The first-order valence-electron chi connectivity index (χ1n) is 4.88. The molecule has 0 aliphatic heterocycles. The van der Waals surface area contributed by atoms with E-state index in [2.05, 4.69) is 20.9 Å². The van der Waals surface area contributed by atoms with Crippen LogP contribution in [-0.4, -0.2) is 38.2 Å². The molecule has 0 aliphatic rings. The third-order valence-electron chi connectivity index (χ3n) is 1.79. The number of aromatic nitrogens is 1. The molecule has 1 heterocycles. The van der Waals surface area contributed by atoms with Crippen molar-refractivity contribution in [3.63, 3.8) is 0 Å². The molecule has 80 valence electrons. The van der Waals surface area contributed by atoms with Gasteiger partial charge < -0.3 is 16.0 Å². The lowest BCUT2D eigenvalue weighted by atomic mass is 10.5. The minimum atomic E-state index is 0.880. The minimum absolute atomic E-state index is 0.880. The first kappa shape index (κ1) is 11.6. The lowest BCUT2D eigenvalue weighted by Crippen LogP contribution is -2.31. The minimum Gasteiger partial charge on any atom is -0.318 e. The number of rotatable bonds is 8. The molecule has 14 heavy (non-hydrogen) atoms. The van der Waals surface area contributed by atoms with Crippen LogP contribution in [0, 0.1) is 0 Å². The summed E-state index contributed by atoms with van der Waals surface area (Å²) in [4.78, 5) is 4.19. The summed E-state index contributed by atoms with van der Waals surface area (Å²) in [6.07, 6.45) is 1.84. The molecule has 5 heteroatoms. The summed E-state index contributed by atoms with van der Waals surface area (Å²) >= 11 is 1.69. The van der Waals surface area contributed by atoms with Crippen LogP contribution in [0.5, 0.6) is 0 Å². The van der Waals surface area contributed by atoms with E-state index in [9.17, 15) is 0 Å². The molecule has 0 fully saturated rings. The van der Waals surface area contributed by atoms with E-state index in [0.717, 1.165) is 37.7 Å². The summed E-state index contributed by atoms with van der Waals surface area (Å²) in [6, 6.07) is 0. The predicted molar refractivity (Wildman–Crippen MR) is 60.6 cm³/mol. The molecular formula is C9H18N4S. The maximum Gasteiger partial charge on any atom is 0.106 e. The van der Waals surface area contributed by atoms with E-state index in [1.807, 2.05) is 18.6 Å². The zero-order chi connectivity index (χ0) is 10.1. The highest BCUT2D eigenvalue weighted by atomic mass is 32.1. The topological polar surface area (TPSA) is 49.0 Å². The van der Waals surface area contributed by atoms with Gasteiger partial charge in [-0.05, 0) is 7.05 Å². The third-order valence-corrected chi connectivity index (χ3v) is 2.57. The van der Waals surface area contributed by atoms with Crippen LogP contribution in [0.2, 0.25) is 0 Å². The average Bonchev–Trinajstić information content (AvgIpc) is 2.69. The van der Waals surface area contributed by atoms with E-state index >= 15 is 0 Å². The van der Waals surface area contributed by atoms with Crippen LogP contribution in [0.15, 0.2) is 11.6 Å². The summed E-state index contributed by atoms with van der Waals surface area (Å²) in [7, 11) is 1.96. The SMILES string of the molecule is CNCCNCCNCc1nccs1. The normalized spacial score (nSPS) is 10.6. The van der Waals surface area contributed by atoms with Crippen molar-refractivity contribution in [3.8, 4) is 0 Å². The molecule has 0 saturated heterocycles. The summed E-state index contributed by atoms with van der Waals surface area (Å²) < 4.78 is 0. The van der Waals surface area contributed by atoms with Gasteiger partial charge in [-0.3, -0.25) is 0 Å². The number of likely N-dealkylation sites (N-methyl/N-ethyl adjacent to an activating group) is 1. The Hall–Kier alpha value is -0.490. The second-order valence-corrected chi connectivity index (χ2v) is 3.94. The highest BCUT2D eigenvalue weighted by molar-refractivity contribution is 7.09. The summed E-state index contributed by atoms with van der Waals surface area (Å²) in [5, 5.41) is 12.9. The Labute approximate surface area is 89.1 Å². The Morgan fingerprint density at radius 3 is 2.71 bits per heavy atom. The van der Waals surface area contributed by atoms with Gasteiger partial charge in [-0.2, -0.15) is 0 Å². The molecule has 1 aromatic heterocycles. The number of nitrogens with one attached hydrogen (secondary N) is 3. The first-order chi connectivity index (χ1) is 6.93. The molecule has 0 aliphatic carbocycles. The van der Waals surface area contributed by atoms with Crippen molar-refractivity contribution in [3.05, 3.63) is 16.6 Å². The van der Waals surface area contributed by atoms with E-state index in [4.69, 9.17) is 0 Å². The number of nitrogens with zero attached hydrogens (tertiary/aromatic N) is 1. The molecule has 0 unspecified atom stereocenters. The lowest BCUT2D eigenvalue weighted by molar-refractivity contribution is 0.598. The molecule has 0 radical (unpaired) electrons. The highest BCUT2D eigenvalue weighted by Crippen LogP contribution is 2.01. The molecule has 0 bridgehead atoms. The molecule has 0 aromatic carbocycles. The Balaban J connectivity index is 1.85. The van der Waals surface area contributed by atoms with Gasteiger partial charge in [0.25, 0.3) is 0 Å². The summed E-state index contributed by atoms with van der Waals surface area (Å²) in [5.74, 6) is 0. The van der Waals surface area contributed by atoms with Crippen molar-refractivity contribution >= 4 is 11.3 Å². The van der Waals surface area contributed by atoms with Gasteiger partial charge in [-0.15, -0.1) is 11.3 Å². The van der Waals surface area contributed by atoms with Crippen molar-refractivity contribution in [1.29, 1.82) is 0 Å². The van der Waals surface area contributed by atoms with Gasteiger partial charge in [0.2, 0.25) is 0 Å². The van der Waals surface area contributed by atoms with Crippen molar-refractivity contribution in [2.24, 2.45) is 0 Å². The zero-order valence-corrected chi connectivity index (χ0v) is 9.36.